The molecule has 37 heavy (non-hydrogen) atoms. The van der Waals surface area contributed by atoms with Gasteiger partial charge in [0.25, 0.3) is 5.91 Å². The average molecular weight is 524 g/mol. The summed E-state index contributed by atoms with van der Waals surface area (Å²) in [6.45, 7) is 7.16. The zero-order valence-corrected chi connectivity index (χ0v) is 22.4. The number of hydrogen-bond acceptors (Lipinski definition) is 6. The van der Waals surface area contributed by atoms with Gasteiger partial charge in [0.15, 0.2) is 11.5 Å². The molecule has 0 unspecified atom stereocenters. The van der Waals surface area contributed by atoms with Crippen molar-refractivity contribution in [3.63, 3.8) is 0 Å². The standard InChI is InChI=1S/C28H33N3O5S/c1-5-17-36-26-16-11-22(18-27(26)35-6-2)19-29-30-28(32)23-12-14-25(15-13-23)31(37(4,33)34)20-24-10-8-7-9-21(24)3/h7-16,18-19H,5-6,17,20H2,1-4H3,(H,30,32)/b29-19-. The molecule has 0 spiro atoms. The summed E-state index contributed by atoms with van der Waals surface area (Å²) >= 11 is 0. The van der Waals surface area contributed by atoms with Crippen molar-refractivity contribution in [1.29, 1.82) is 0 Å². The molecule has 0 fully saturated rings. The maximum absolute atomic E-state index is 12.6. The molecule has 0 bridgehead atoms. The first-order chi connectivity index (χ1) is 17.7. The predicted molar refractivity (Wildman–Crippen MR) is 147 cm³/mol. The molecule has 8 nitrogen and oxygen atoms in total. The second-order valence-corrected chi connectivity index (χ2v) is 10.3. The molecule has 3 rings (SSSR count). The van der Waals surface area contributed by atoms with E-state index < -0.39 is 15.9 Å². The third-order valence-corrected chi connectivity index (χ3v) is 6.64. The van der Waals surface area contributed by atoms with E-state index in [1.54, 1.807) is 30.3 Å². The summed E-state index contributed by atoms with van der Waals surface area (Å²) in [6, 6.07) is 19.4. The van der Waals surface area contributed by atoms with Crippen LogP contribution in [0.2, 0.25) is 0 Å². The predicted octanol–water partition coefficient (Wildman–Crippen LogP) is 4.91. The van der Waals surface area contributed by atoms with E-state index in [1.165, 1.54) is 16.8 Å². The van der Waals surface area contributed by atoms with Gasteiger partial charge in [-0.3, -0.25) is 9.10 Å². The molecule has 3 aromatic rings. The lowest BCUT2D eigenvalue weighted by Gasteiger charge is -2.23. The Kier molecular flexibility index (Phi) is 9.68. The lowest BCUT2D eigenvalue weighted by atomic mass is 10.1. The number of hydrazone groups is 1. The lowest BCUT2D eigenvalue weighted by molar-refractivity contribution is 0.0955. The van der Waals surface area contributed by atoms with Crippen LogP contribution in [-0.2, 0) is 16.6 Å². The van der Waals surface area contributed by atoms with Gasteiger partial charge >= 0.3 is 0 Å². The number of nitrogens with one attached hydrogen (secondary N) is 1. The van der Waals surface area contributed by atoms with E-state index in [0.717, 1.165) is 23.1 Å². The number of benzene rings is 3. The van der Waals surface area contributed by atoms with E-state index in [2.05, 4.69) is 10.5 Å². The molecule has 0 aliphatic heterocycles. The molecule has 0 aliphatic carbocycles. The van der Waals surface area contributed by atoms with Gasteiger partial charge in [0.1, 0.15) is 0 Å². The monoisotopic (exact) mass is 523 g/mol. The Labute approximate surface area is 219 Å². The number of nitrogens with zero attached hydrogens (tertiary/aromatic N) is 2. The second kappa shape index (κ2) is 12.9. The molecule has 196 valence electrons. The van der Waals surface area contributed by atoms with E-state index in [9.17, 15) is 13.2 Å². The molecular formula is C28H33N3O5S. The van der Waals surface area contributed by atoms with Crippen LogP contribution in [0.25, 0.3) is 0 Å². The minimum absolute atomic E-state index is 0.202. The number of rotatable bonds is 12. The van der Waals surface area contributed by atoms with Crippen molar-refractivity contribution >= 4 is 27.8 Å². The highest BCUT2D eigenvalue weighted by atomic mass is 32.2. The van der Waals surface area contributed by atoms with Crippen LogP contribution in [0.3, 0.4) is 0 Å². The Balaban J connectivity index is 1.69. The highest BCUT2D eigenvalue weighted by Gasteiger charge is 2.19. The third kappa shape index (κ3) is 7.82. The molecule has 0 aromatic heterocycles. The number of carbonyl (C=O) groups excluding carboxylic acids is 1. The van der Waals surface area contributed by atoms with Crippen LogP contribution < -0.4 is 19.2 Å². The molecule has 3 aromatic carbocycles. The van der Waals surface area contributed by atoms with Crippen LogP contribution in [0.5, 0.6) is 11.5 Å². The fraction of sp³-hybridized carbons (Fsp3) is 0.286. The number of ether oxygens (including phenoxy) is 2. The Hall–Kier alpha value is -3.85. The van der Waals surface area contributed by atoms with Crippen molar-refractivity contribution in [2.45, 2.75) is 33.7 Å². The summed E-state index contributed by atoms with van der Waals surface area (Å²) in [7, 11) is -3.54. The molecule has 0 atom stereocenters. The highest BCUT2D eigenvalue weighted by Crippen LogP contribution is 2.28. The van der Waals surface area contributed by atoms with E-state index in [1.807, 2.05) is 57.2 Å². The van der Waals surface area contributed by atoms with Crippen molar-refractivity contribution in [3.8, 4) is 11.5 Å². The van der Waals surface area contributed by atoms with Gasteiger partial charge < -0.3 is 9.47 Å². The molecule has 0 saturated heterocycles. The highest BCUT2D eigenvalue weighted by molar-refractivity contribution is 7.92. The van der Waals surface area contributed by atoms with E-state index in [0.29, 0.717) is 36.0 Å². The molecule has 0 saturated carbocycles. The van der Waals surface area contributed by atoms with Crippen LogP contribution in [0, 0.1) is 6.92 Å². The number of hydrogen-bond donors (Lipinski definition) is 1. The fourth-order valence-corrected chi connectivity index (χ4v) is 4.43. The molecule has 1 N–H and O–H groups in total. The van der Waals surface area contributed by atoms with Crippen molar-refractivity contribution < 1.29 is 22.7 Å². The maximum Gasteiger partial charge on any atom is 0.271 e. The van der Waals surface area contributed by atoms with Gasteiger partial charge in [-0.1, -0.05) is 31.2 Å². The summed E-state index contributed by atoms with van der Waals surface area (Å²) in [5.41, 5.74) is 5.97. The summed E-state index contributed by atoms with van der Waals surface area (Å²) in [4.78, 5) is 12.6. The van der Waals surface area contributed by atoms with Crippen molar-refractivity contribution in [1.82, 2.24) is 5.43 Å². The largest absolute Gasteiger partial charge is 0.490 e. The number of aryl methyl sites for hydroxylation is 1. The topological polar surface area (TPSA) is 97.3 Å². The number of amides is 1. The average Bonchev–Trinajstić information content (AvgIpc) is 2.87. The summed E-state index contributed by atoms with van der Waals surface area (Å²) in [5, 5.41) is 4.05. The molecule has 0 radical (unpaired) electrons. The molecule has 0 aliphatic rings. The first-order valence-electron chi connectivity index (χ1n) is 12.1. The van der Waals surface area contributed by atoms with Crippen LogP contribution >= 0.6 is 0 Å². The quantitative estimate of drug-likeness (QED) is 0.269. The van der Waals surface area contributed by atoms with Crippen LogP contribution in [0.1, 0.15) is 47.3 Å². The molecule has 9 heteroatoms. The maximum atomic E-state index is 12.6. The fourth-order valence-electron chi connectivity index (χ4n) is 3.56. The first-order valence-corrected chi connectivity index (χ1v) is 13.9. The van der Waals surface area contributed by atoms with E-state index >= 15 is 0 Å². The van der Waals surface area contributed by atoms with Gasteiger partial charge in [0, 0.05) is 5.56 Å². The Morgan fingerprint density at radius 1 is 1.00 bits per heavy atom. The number of carbonyl (C=O) groups is 1. The van der Waals surface area contributed by atoms with Gasteiger partial charge in [0.05, 0.1) is 37.9 Å². The summed E-state index contributed by atoms with van der Waals surface area (Å²) < 4.78 is 37.6. The van der Waals surface area contributed by atoms with Gasteiger partial charge in [0.2, 0.25) is 10.0 Å². The number of sulfonamides is 1. The zero-order valence-electron chi connectivity index (χ0n) is 21.6. The first kappa shape index (κ1) is 27.7. The van der Waals surface area contributed by atoms with Gasteiger partial charge in [-0.15, -0.1) is 0 Å². The minimum Gasteiger partial charge on any atom is -0.490 e. The summed E-state index contributed by atoms with van der Waals surface area (Å²) in [6.07, 6.45) is 3.58. The van der Waals surface area contributed by atoms with Crippen LogP contribution in [0.15, 0.2) is 71.8 Å². The van der Waals surface area contributed by atoms with Crippen molar-refractivity contribution in [2.24, 2.45) is 5.10 Å². The molecule has 0 heterocycles. The van der Waals surface area contributed by atoms with Crippen LogP contribution in [0.4, 0.5) is 5.69 Å². The lowest BCUT2D eigenvalue weighted by Crippen LogP contribution is -2.29. The Morgan fingerprint density at radius 2 is 1.73 bits per heavy atom. The minimum atomic E-state index is -3.54. The molecule has 1 amide bonds. The van der Waals surface area contributed by atoms with Gasteiger partial charge in [-0.05, 0) is 79.4 Å². The zero-order chi connectivity index (χ0) is 26.8. The SMILES string of the molecule is CCCOc1ccc(/C=N\NC(=O)c2ccc(N(Cc3ccccc3C)S(C)(=O)=O)cc2)cc1OCC. The van der Waals surface area contributed by atoms with Crippen LogP contribution in [-0.4, -0.2) is 40.0 Å². The van der Waals surface area contributed by atoms with Gasteiger partial charge in [-0.25, -0.2) is 13.8 Å². The summed E-state index contributed by atoms with van der Waals surface area (Å²) in [5.74, 6) is 0.860. The number of anilines is 1. The van der Waals surface area contributed by atoms with Gasteiger partial charge in [-0.2, -0.15) is 5.10 Å². The smallest absolute Gasteiger partial charge is 0.271 e. The van der Waals surface area contributed by atoms with Crippen molar-refractivity contribution in [3.05, 3.63) is 89.0 Å². The van der Waals surface area contributed by atoms with Crippen molar-refractivity contribution in [2.75, 3.05) is 23.8 Å². The normalized spacial score (nSPS) is 11.4. The molecular weight excluding hydrogens is 490 g/mol. The third-order valence-electron chi connectivity index (χ3n) is 5.50. The second-order valence-electron chi connectivity index (χ2n) is 8.43. The van der Waals surface area contributed by atoms with E-state index in [-0.39, 0.29) is 6.54 Å². The Bertz CT molecular complexity index is 1340. The Morgan fingerprint density at radius 3 is 2.38 bits per heavy atom. The van der Waals surface area contributed by atoms with E-state index in [4.69, 9.17) is 9.47 Å².